The summed E-state index contributed by atoms with van der Waals surface area (Å²) < 4.78 is 0. The molecule has 1 atom stereocenters. The predicted molar refractivity (Wildman–Crippen MR) is 68.8 cm³/mol. The molecule has 96 valence electrons. The fourth-order valence-electron chi connectivity index (χ4n) is 1.45. The molecule has 1 N–H and O–H groups in total. The Balaban J connectivity index is 4.25. The number of hydrogen-bond acceptors (Lipinski definition) is 2. The minimum atomic E-state index is -1.04. The van der Waals surface area contributed by atoms with Gasteiger partial charge in [0.05, 0.1) is 0 Å². The predicted octanol–water partition coefficient (Wildman–Crippen LogP) is 3.36. The van der Waals surface area contributed by atoms with Crippen molar-refractivity contribution in [2.24, 2.45) is 5.92 Å². The molecule has 0 radical (unpaired) electrons. The normalized spacial score (nSPS) is 13.1. The fourth-order valence-corrected chi connectivity index (χ4v) is 1.45. The summed E-state index contributed by atoms with van der Waals surface area (Å²) in [6.07, 6.45) is 6.18. The SMILES string of the molecule is CC(=O)C(C/C=C(\C)CCC=C(C)C)C(=O)O. The Hall–Kier alpha value is -1.38. The van der Waals surface area contributed by atoms with Crippen LogP contribution >= 0.6 is 0 Å². The number of ketones is 1. The number of Topliss-reactive ketones (excluding diaryl/α,β-unsaturated/α-hetero) is 1. The number of allylic oxidation sites excluding steroid dienone is 4. The lowest BCUT2D eigenvalue weighted by molar-refractivity contribution is -0.145. The third kappa shape index (κ3) is 7.50. The van der Waals surface area contributed by atoms with Crippen molar-refractivity contribution in [2.75, 3.05) is 0 Å². The maximum Gasteiger partial charge on any atom is 0.314 e. The highest BCUT2D eigenvalue weighted by Crippen LogP contribution is 2.12. The van der Waals surface area contributed by atoms with Gasteiger partial charge in [0.2, 0.25) is 0 Å². The molecule has 0 fully saturated rings. The van der Waals surface area contributed by atoms with Gasteiger partial charge in [-0.15, -0.1) is 0 Å². The van der Waals surface area contributed by atoms with Gasteiger partial charge in [-0.1, -0.05) is 23.3 Å². The van der Waals surface area contributed by atoms with Gasteiger partial charge in [-0.3, -0.25) is 9.59 Å². The highest BCUT2D eigenvalue weighted by Gasteiger charge is 2.20. The van der Waals surface area contributed by atoms with Gasteiger partial charge in [-0.2, -0.15) is 0 Å². The zero-order valence-corrected chi connectivity index (χ0v) is 11.1. The fraction of sp³-hybridized carbons (Fsp3) is 0.571. The summed E-state index contributed by atoms with van der Waals surface area (Å²) in [6, 6.07) is 0. The van der Waals surface area contributed by atoms with E-state index in [9.17, 15) is 9.59 Å². The highest BCUT2D eigenvalue weighted by molar-refractivity contribution is 5.96. The average molecular weight is 238 g/mol. The van der Waals surface area contributed by atoms with Gasteiger partial charge in [-0.25, -0.2) is 0 Å². The molecular formula is C14H22O3. The van der Waals surface area contributed by atoms with E-state index in [-0.39, 0.29) is 5.78 Å². The van der Waals surface area contributed by atoms with E-state index in [0.29, 0.717) is 6.42 Å². The van der Waals surface area contributed by atoms with Crippen LogP contribution in [-0.2, 0) is 9.59 Å². The molecule has 0 rings (SSSR count). The topological polar surface area (TPSA) is 54.4 Å². The van der Waals surface area contributed by atoms with Crippen LogP contribution in [0, 0.1) is 5.92 Å². The number of carbonyl (C=O) groups excluding carboxylic acids is 1. The van der Waals surface area contributed by atoms with Crippen molar-refractivity contribution in [1.29, 1.82) is 0 Å². The van der Waals surface area contributed by atoms with Crippen LogP contribution in [0.4, 0.5) is 0 Å². The Bertz CT molecular complexity index is 319. The summed E-state index contributed by atoms with van der Waals surface area (Å²) >= 11 is 0. The maximum absolute atomic E-state index is 11.1. The Labute approximate surface area is 103 Å². The van der Waals surface area contributed by atoms with E-state index in [1.54, 1.807) is 0 Å². The summed E-state index contributed by atoms with van der Waals surface area (Å²) in [5.74, 6) is -2.22. The number of aliphatic carboxylic acids is 1. The molecule has 0 aliphatic carbocycles. The Morgan fingerprint density at radius 2 is 1.71 bits per heavy atom. The number of hydrogen-bond donors (Lipinski definition) is 1. The molecule has 0 spiro atoms. The minimum Gasteiger partial charge on any atom is -0.481 e. The molecule has 0 heterocycles. The molecule has 0 bridgehead atoms. The first-order valence-corrected chi connectivity index (χ1v) is 5.86. The summed E-state index contributed by atoms with van der Waals surface area (Å²) in [6.45, 7) is 7.40. The molecular weight excluding hydrogens is 216 g/mol. The second-order valence-electron chi connectivity index (χ2n) is 4.61. The summed E-state index contributed by atoms with van der Waals surface area (Å²) in [5, 5.41) is 8.85. The van der Waals surface area contributed by atoms with E-state index >= 15 is 0 Å². The van der Waals surface area contributed by atoms with Gasteiger partial charge in [0.25, 0.3) is 0 Å². The van der Waals surface area contributed by atoms with Crippen LogP contribution in [0.3, 0.4) is 0 Å². The monoisotopic (exact) mass is 238 g/mol. The average Bonchev–Trinajstić information content (AvgIpc) is 2.15. The Morgan fingerprint density at radius 3 is 2.12 bits per heavy atom. The van der Waals surface area contributed by atoms with Crippen LogP contribution in [0.2, 0.25) is 0 Å². The molecule has 0 aromatic carbocycles. The van der Waals surface area contributed by atoms with Crippen molar-refractivity contribution >= 4 is 11.8 Å². The second kappa shape index (κ2) is 7.82. The zero-order chi connectivity index (χ0) is 13.4. The Morgan fingerprint density at radius 1 is 1.12 bits per heavy atom. The third-order valence-electron chi connectivity index (χ3n) is 2.58. The molecule has 0 aromatic rings. The molecule has 3 nitrogen and oxygen atoms in total. The zero-order valence-electron chi connectivity index (χ0n) is 11.1. The van der Waals surface area contributed by atoms with E-state index in [1.165, 1.54) is 12.5 Å². The van der Waals surface area contributed by atoms with E-state index in [1.807, 2.05) is 13.0 Å². The van der Waals surface area contributed by atoms with Crippen LogP contribution in [0.25, 0.3) is 0 Å². The number of rotatable bonds is 7. The first kappa shape index (κ1) is 15.6. The molecule has 1 unspecified atom stereocenters. The lowest BCUT2D eigenvalue weighted by Gasteiger charge is -2.06. The number of carbonyl (C=O) groups is 2. The molecule has 0 aromatic heterocycles. The van der Waals surface area contributed by atoms with Gasteiger partial charge in [0, 0.05) is 0 Å². The highest BCUT2D eigenvalue weighted by atomic mass is 16.4. The van der Waals surface area contributed by atoms with Crippen molar-refractivity contribution in [3.63, 3.8) is 0 Å². The van der Waals surface area contributed by atoms with Gasteiger partial charge in [-0.05, 0) is 47.0 Å². The first-order valence-electron chi connectivity index (χ1n) is 5.86. The van der Waals surface area contributed by atoms with Crippen molar-refractivity contribution in [3.05, 3.63) is 23.3 Å². The number of carboxylic acids is 1. The minimum absolute atomic E-state index is 0.286. The largest absolute Gasteiger partial charge is 0.481 e. The lowest BCUT2D eigenvalue weighted by Crippen LogP contribution is -2.20. The van der Waals surface area contributed by atoms with E-state index in [2.05, 4.69) is 19.9 Å². The Kier molecular flexibility index (Phi) is 7.19. The summed E-state index contributed by atoms with van der Waals surface area (Å²) in [4.78, 5) is 21.9. The molecule has 3 heteroatoms. The first-order chi connectivity index (χ1) is 7.84. The van der Waals surface area contributed by atoms with Gasteiger partial charge in [0.15, 0.2) is 0 Å². The standard InChI is InChI=1S/C14H22O3/c1-10(2)6-5-7-11(3)8-9-13(12(4)15)14(16)17/h6,8,13H,5,7,9H2,1-4H3,(H,16,17)/b11-8+. The summed E-state index contributed by atoms with van der Waals surface area (Å²) in [7, 11) is 0. The molecule has 0 saturated heterocycles. The van der Waals surface area contributed by atoms with E-state index < -0.39 is 11.9 Å². The second-order valence-corrected chi connectivity index (χ2v) is 4.61. The third-order valence-corrected chi connectivity index (χ3v) is 2.58. The van der Waals surface area contributed by atoms with Crippen LogP contribution in [-0.4, -0.2) is 16.9 Å². The number of carboxylic acid groups (broad SMARTS) is 1. The van der Waals surface area contributed by atoms with Crippen molar-refractivity contribution in [1.82, 2.24) is 0 Å². The van der Waals surface area contributed by atoms with Crippen LogP contribution in [0.1, 0.15) is 47.0 Å². The molecule has 0 saturated carbocycles. The maximum atomic E-state index is 11.1. The van der Waals surface area contributed by atoms with Crippen molar-refractivity contribution in [3.8, 4) is 0 Å². The smallest absolute Gasteiger partial charge is 0.314 e. The summed E-state index contributed by atoms with van der Waals surface area (Å²) in [5.41, 5.74) is 2.42. The van der Waals surface area contributed by atoms with E-state index in [4.69, 9.17) is 5.11 Å². The van der Waals surface area contributed by atoms with Crippen molar-refractivity contribution in [2.45, 2.75) is 47.0 Å². The molecule has 17 heavy (non-hydrogen) atoms. The van der Waals surface area contributed by atoms with Crippen molar-refractivity contribution < 1.29 is 14.7 Å². The van der Waals surface area contributed by atoms with Gasteiger partial charge < -0.3 is 5.11 Å². The lowest BCUT2D eigenvalue weighted by atomic mass is 9.99. The van der Waals surface area contributed by atoms with Gasteiger partial charge >= 0.3 is 5.97 Å². The van der Waals surface area contributed by atoms with Gasteiger partial charge in [0.1, 0.15) is 11.7 Å². The van der Waals surface area contributed by atoms with E-state index in [0.717, 1.165) is 18.4 Å². The molecule has 0 amide bonds. The van der Waals surface area contributed by atoms with Crippen LogP contribution in [0.5, 0.6) is 0 Å². The quantitative estimate of drug-likeness (QED) is 0.546. The van der Waals surface area contributed by atoms with Crippen LogP contribution in [0.15, 0.2) is 23.3 Å². The van der Waals surface area contributed by atoms with Crippen LogP contribution < -0.4 is 0 Å². The molecule has 0 aliphatic rings. The molecule has 0 aliphatic heterocycles.